The van der Waals surface area contributed by atoms with E-state index in [9.17, 15) is 60.7 Å². The highest BCUT2D eigenvalue weighted by Crippen LogP contribution is 2.33. The molecule has 3 fully saturated rings. The Bertz CT molecular complexity index is 1620. The first-order valence-corrected chi connectivity index (χ1v) is 32.4. The van der Waals surface area contributed by atoms with Crippen LogP contribution < -0.4 is 10.6 Å². The molecule has 3 heterocycles. The zero-order valence-electron chi connectivity index (χ0n) is 50.6. The molecular weight excluding hydrogens is 1060 g/mol. The van der Waals surface area contributed by atoms with E-state index in [-0.39, 0.29) is 18.9 Å². The van der Waals surface area contributed by atoms with Gasteiger partial charge < -0.3 is 90.1 Å². The normalized spacial score (nSPS) is 29.5. The molecule has 0 radical (unpaired) electrons. The molecule has 20 nitrogen and oxygen atoms in total. The van der Waals surface area contributed by atoms with E-state index in [1.165, 1.54) is 161 Å². The molecule has 0 spiro atoms. The minimum atomic E-state index is -1.99. The molecule has 482 valence electrons. The molecule has 0 aliphatic carbocycles. The van der Waals surface area contributed by atoms with Crippen molar-refractivity contribution < 1.29 is 89.1 Å². The van der Waals surface area contributed by atoms with Gasteiger partial charge in [-0.05, 0) is 19.3 Å². The van der Waals surface area contributed by atoms with Gasteiger partial charge in [-0.25, -0.2) is 0 Å². The van der Waals surface area contributed by atoms with Gasteiger partial charge in [0.1, 0.15) is 73.2 Å². The lowest BCUT2D eigenvalue weighted by atomic mass is 9.95. The fraction of sp³-hybridized carbons (Fsp3) is 0.935. The predicted octanol–water partition coefficient (Wildman–Crippen LogP) is 6.30. The minimum Gasteiger partial charge on any atom is -0.394 e. The number of allylic oxidation sites excluding steroid dienone is 1. The Morgan fingerprint density at radius 3 is 1.28 bits per heavy atom. The van der Waals surface area contributed by atoms with Crippen LogP contribution in [0.5, 0.6) is 0 Å². The van der Waals surface area contributed by atoms with E-state index in [1.54, 1.807) is 6.08 Å². The Morgan fingerprint density at radius 1 is 0.476 bits per heavy atom. The number of nitrogens with one attached hydrogen (secondary N) is 2. The van der Waals surface area contributed by atoms with Gasteiger partial charge in [-0.15, -0.1) is 0 Å². The van der Waals surface area contributed by atoms with Crippen molar-refractivity contribution in [2.45, 2.75) is 343 Å². The molecule has 0 aromatic heterocycles. The summed E-state index contributed by atoms with van der Waals surface area (Å²) in [6, 6.07) is -2.40. The van der Waals surface area contributed by atoms with Gasteiger partial charge in [0.05, 0.1) is 38.6 Å². The number of hydrogen-bond acceptors (Lipinski definition) is 18. The van der Waals surface area contributed by atoms with E-state index in [4.69, 9.17) is 28.4 Å². The Morgan fingerprint density at radius 2 is 0.854 bits per heavy atom. The number of aliphatic hydroxyl groups is 10. The number of aliphatic hydroxyl groups excluding tert-OH is 10. The third-order valence-corrected chi connectivity index (χ3v) is 16.5. The maximum absolute atomic E-state index is 13.4. The van der Waals surface area contributed by atoms with Crippen LogP contribution in [0.1, 0.15) is 239 Å². The number of hydrogen-bond donors (Lipinski definition) is 12. The van der Waals surface area contributed by atoms with Crippen LogP contribution in [0.25, 0.3) is 0 Å². The van der Waals surface area contributed by atoms with E-state index in [1.807, 2.05) is 6.08 Å². The summed E-state index contributed by atoms with van der Waals surface area (Å²) in [6.45, 7) is 2.85. The smallest absolute Gasteiger partial charge is 0.220 e. The molecule has 2 amide bonds. The maximum Gasteiger partial charge on any atom is 0.220 e. The van der Waals surface area contributed by atoms with Gasteiger partial charge >= 0.3 is 0 Å². The van der Waals surface area contributed by atoms with Crippen LogP contribution in [0.3, 0.4) is 0 Å². The van der Waals surface area contributed by atoms with E-state index in [2.05, 4.69) is 24.5 Å². The predicted molar refractivity (Wildman–Crippen MR) is 312 cm³/mol. The van der Waals surface area contributed by atoms with Gasteiger partial charge in [0.15, 0.2) is 18.9 Å². The van der Waals surface area contributed by atoms with Crippen molar-refractivity contribution in [2.24, 2.45) is 0 Å². The van der Waals surface area contributed by atoms with Crippen LogP contribution in [0.4, 0.5) is 0 Å². The first-order valence-electron chi connectivity index (χ1n) is 32.4. The van der Waals surface area contributed by atoms with Gasteiger partial charge in [-0.2, -0.15) is 0 Å². The number of amides is 2. The molecule has 1 unspecified atom stereocenters. The molecule has 20 heteroatoms. The molecule has 82 heavy (non-hydrogen) atoms. The van der Waals surface area contributed by atoms with Crippen molar-refractivity contribution in [3.8, 4) is 0 Å². The molecule has 12 N–H and O–H groups in total. The Hall–Kier alpha value is -1.96. The summed E-state index contributed by atoms with van der Waals surface area (Å²) in [7, 11) is 0. The van der Waals surface area contributed by atoms with Crippen LogP contribution in [0.15, 0.2) is 12.2 Å². The third kappa shape index (κ3) is 28.7. The van der Waals surface area contributed by atoms with Crippen molar-refractivity contribution in [1.82, 2.24) is 10.6 Å². The summed E-state index contributed by atoms with van der Waals surface area (Å²) in [6.07, 6.45) is 19.6. The average molecular weight is 1180 g/mol. The summed E-state index contributed by atoms with van der Waals surface area (Å²) in [5.74, 6) is -0.921. The molecule has 3 rings (SSSR count). The monoisotopic (exact) mass is 1180 g/mol. The number of unbranched alkanes of at least 4 members (excludes halogenated alkanes) is 31. The van der Waals surface area contributed by atoms with Gasteiger partial charge in [-0.1, -0.05) is 219 Å². The van der Waals surface area contributed by atoms with Crippen LogP contribution in [0.2, 0.25) is 0 Å². The molecule has 3 aliphatic heterocycles. The lowest BCUT2D eigenvalue weighted by Gasteiger charge is -2.48. The standard InChI is InChI=1S/C62H116N2O18/c1-4-6-8-10-12-14-16-18-19-20-21-22-23-24-25-27-29-31-33-35-37-39-50(70)64-45(46(69)38-36-34-32-30-28-26-17-15-13-11-9-7-5-2)43-77-61-56(75)54(73)59(48(41-66)79-61)82-62-57(76)55(74)58(49(42-67)80-62)81-60-51(63-44(3)68)53(72)52(71)47(40-65)78-60/h36,38,45-49,51-62,65-67,69,71-76H,4-35,37,39-43H2,1-3H3,(H,63,68)(H,64,70)/t45-,46+,47+,48+,49+,51+,52-,53+,54+,55+,56?,57+,58-,59+,60-,61+,62-/m0/s1. The third-order valence-electron chi connectivity index (χ3n) is 16.5. The molecular formula is C62H116N2O18. The Balaban J connectivity index is 1.50. The van der Waals surface area contributed by atoms with Crippen LogP contribution in [0, 0.1) is 0 Å². The van der Waals surface area contributed by atoms with Crippen molar-refractivity contribution in [1.29, 1.82) is 0 Å². The summed E-state index contributed by atoms with van der Waals surface area (Å²) in [4.78, 5) is 25.3. The highest BCUT2D eigenvalue weighted by atomic mass is 16.8. The highest BCUT2D eigenvalue weighted by molar-refractivity contribution is 5.76. The van der Waals surface area contributed by atoms with Crippen molar-refractivity contribution in [2.75, 3.05) is 26.4 Å². The lowest BCUT2D eigenvalue weighted by Crippen LogP contribution is -2.68. The van der Waals surface area contributed by atoms with Crippen molar-refractivity contribution in [3.63, 3.8) is 0 Å². The van der Waals surface area contributed by atoms with Gasteiger partial charge in [0, 0.05) is 13.3 Å². The fourth-order valence-electron chi connectivity index (χ4n) is 11.3. The molecule has 3 saturated heterocycles. The minimum absolute atomic E-state index is 0.245. The zero-order valence-corrected chi connectivity index (χ0v) is 50.6. The maximum atomic E-state index is 13.4. The van der Waals surface area contributed by atoms with E-state index in [0.717, 1.165) is 51.9 Å². The second-order valence-corrected chi connectivity index (χ2v) is 23.6. The summed E-state index contributed by atoms with van der Waals surface area (Å²) in [5, 5.41) is 114. The van der Waals surface area contributed by atoms with E-state index >= 15 is 0 Å². The summed E-state index contributed by atoms with van der Waals surface area (Å²) >= 11 is 0. The largest absolute Gasteiger partial charge is 0.394 e. The van der Waals surface area contributed by atoms with Gasteiger partial charge in [0.2, 0.25) is 11.8 Å². The van der Waals surface area contributed by atoms with Gasteiger partial charge in [0.25, 0.3) is 0 Å². The first-order chi connectivity index (χ1) is 39.7. The number of ether oxygens (including phenoxy) is 6. The van der Waals surface area contributed by atoms with Crippen LogP contribution in [-0.2, 0) is 38.0 Å². The molecule has 17 atom stereocenters. The lowest BCUT2D eigenvalue weighted by molar-refractivity contribution is -0.374. The summed E-state index contributed by atoms with van der Waals surface area (Å²) < 4.78 is 34.9. The number of carbonyl (C=O) groups is 2. The molecule has 0 saturated carbocycles. The van der Waals surface area contributed by atoms with Crippen molar-refractivity contribution >= 4 is 11.8 Å². The SMILES string of the molecule is CCCCCCCCCCCCCC=C[C@@H](O)[C@H](CO[C@@H]1O[C@H](CO)[C@@H](O[C@@H]2O[C@H](CO)[C@H](O[C@@H]3O[C@H](CO)[C@H](O)[C@H](O)[C@H]3NC(C)=O)[C@H](O)[C@H]2O)[C@H](O)C1O)NC(=O)CCCCCCCCCCCCCCCCCCCCCCC. The Kier molecular flexibility index (Phi) is 41.1. The van der Waals surface area contributed by atoms with Crippen LogP contribution in [-0.4, -0.2) is 194 Å². The molecule has 0 bridgehead atoms. The second kappa shape index (κ2) is 45.3. The zero-order chi connectivity index (χ0) is 59.9. The molecule has 3 aliphatic rings. The average Bonchev–Trinajstić information content (AvgIpc) is 3.52. The number of carbonyl (C=O) groups excluding carboxylic acids is 2. The van der Waals surface area contributed by atoms with Crippen LogP contribution >= 0.6 is 0 Å². The topological polar surface area (TPSA) is 316 Å². The molecule has 0 aromatic carbocycles. The van der Waals surface area contributed by atoms with Crippen molar-refractivity contribution in [3.05, 3.63) is 12.2 Å². The quantitative estimate of drug-likeness (QED) is 0.0235. The molecule has 0 aromatic rings. The highest BCUT2D eigenvalue weighted by Gasteiger charge is 2.54. The summed E-state index contributed by atoms with van der Waals surface area (Å²) in [5.41, 5.74) is 0. The Labute approximate surface area is 491 Å². The first kappa shape index (κ1) is 74.3. The second-order valence-electron chi connectivity index (χ2n) is 23.6. The fourth-order valence-corrected chi connectivity index (χ4v) is 11.3. The van der Waals surface area contributed by atoms with E-state index in [0.29, 0.717) is 6.42 Å². The van der Waals surface area contributed by atoms with E-state index < -0.39 is 130 Å². The van der Waals surface area contributed by atoms with Gasteiger partial charge in [-0.3, -0.25) is 9.59 Å². The number of rotatable bonds is 48.